The van der Waals surface area contributed by atoms with Gasteiger partial charge in [-0.3, -0.25) is 9.69 Å². The molecule has 0 spiro atoms. The second kappa shape index (κ2) is 6.90. The van der Waals surface area contributed by atoms with Gasteiger partial charge in [-0.05, 0) is 31.0 Å². The molecule has 0 aliphatic carbocycles. The van der Waals surface area contributed by atoms with Crippen molar-refractivity contribution in [2.45, 2.75) is 31.5 Å². The van der Waals surface area contributed by atoms with Crippen LogP contribution in [-0.4, -0.2) is 52.6 Å². The number of ether oxygens (including phenoxy) is 1. The van der Waals surface area contributed by atoms with Gasteiger partial charge in [-0.1, -0.05) is 23.7 Å². The van der Waals surface area contributed by atoms with Gasteiger partial charge in [0.25, 0.3) is 5.91 Å². The number of aryl methyl sites for hydroxylation is 1. The van der Waals surface area contributed by atoms with E-state index in [-0.39, 0.29) is 24.0 Å². The lowest BCUT2D eigenvalue weighted by molar-refractivity contribution is -0.0502. The third-order valence-electron chi connectivity index (χ3n) is 5.11. The highest BCUT2D eigenvalue weighted by Crippen LogP contribution is 2.31. The summed E-state index contributed by atoms with van der Waals surface area (Å²) >= 11 is 5.96. The summed E-state index contributed by atoms with van der Waals surface area (Å²) in [5.41, 5.74) is 7.79. The van der Waals surface area contributed by atoms with Crippen LogP contribution in [0.2, 0.25) is 5.02 Å². The van der Waals surface area contributed by atoms with Crippen molar-refractivity contribution in [3.63, 3.8) is 0 Å². The molecule has 0 radical (unpaired) electrons. The van der Waals surface area contributed by atoms with Crippen LogP contribution in [0.25, 0.3) is 0 Å². The van der Waals surface area contributed by atoms with Crippen LogP contribution in [0.1, 0.15) is 34.3 Å². The van der Waals surface area contributed by atoms with E-state index in [1.54, 1.807) is 6.92 Å². The topological polar surface area (TPSA) is 96.3 Å². The zero-order valence-corrected chi connectivity index (χ0v) is 15.3. The number of morpholine rings is 1. The molecule has 4 N–H and O–H groups in total. The summed E-state index contributed by atoms with van der Waals surface area (Å²) in [5, 5.41) is 3.80. The molecule has 0 bridgehead atoms. The quantitative estimate of drug-likeness (QED) is 0.761. The third-order valence-corrected chi connectivity index (χ3v) is 5.37. The Balaban J connectivity index is 1.38. The molecule has 26 heavy (non-hydrogen) atoms. The number of amides is 1. The highest BCUT2D eigenvalue weighted by molar-refractivity contribution is 6.30. The first-order chi connectivity index (χ1) is 12.5. The summed E-state index contributed by atoms with van der Waals surface area (Å²) in [6.45, 7) is 4.07. The molecule has 138 valence electrons. The predicted octanol–water partition coefficient (Wildman–Crippen LogP) is 1.90. The third kappa shape index (κ3) is 3.42. The lowest BCUT2D eigenvalue weighted by Gasteiger charge is -2.35. The van der Waals surface area contributed by atoms with Crippen molar-refractivity contribution in [3.8, 4) is 0 Å². The Morgan fingerprint density at radius 1 is 1.38 bits per heavy atom. The number of H-pyrrole nitrogens is 1. The molecule has 2 saturated heterocycles. The largest absolute Gasteiger partial charge is 0.371 e. The number of hydrogen-bond donors (Lipinski definition) is 3. The minimum atomic E-state index is -0.185. The van der Waals surface area contributed by atoms with Crippen LogP contribution in [0.4, 0.5) is 5.95 Å². The minimum absolute atomic E-state index is 0.0337. The number of nitrogens with one attached hydrogen (secondary N) is 2. The lowest BCUT2D eigenvalue weighted by atomic mass is 10.1. The van der Waals surface area contributed by atoms with E-state index >= 15 is 0 Å². The number of nitrogens with zero attached hydrogens (tertiary/aromatic N) is 2. The van der Waals surface area contributed by atoms with Gasteiger partial charge >= 0.3 is 0 Å². The lowest BCUT2D eigenvalue weighted by Crippen LogP contribution is -2.43. The minimum Gasteiger partial charge on any atom is -0.371 e. The normalized spacial score (nSPS) is 25.8. The van der Waals surface area contributed by atoms with Crippen molar-refractivity contribution in [2.24, 2.45) is 0 Å². The summed E-state index contributed by atoms with van der Waals surface area (Å²) in [4.78, 5) is 21.8. The fourth-order valence-corrected chi connectivity index (χ4v) is 3.94. The Kier molecular flexibility index (Phi) is 4.60. The zero-order valence-electron chi connectivity index (χ0n) is 14.5. The van der Waals surface area contributed by atoms with Gasteiger partial charge in [0.05, 0.1) is 12.7 Å². The number of aromatic nitrogens is 2. The predicted molar refractivity (Wildman–Crippen MR) is 99.1 cm³/mol. The van der Waals surface area contributed by atoms with E-state index in [1.807, 2.05) is 24.3 Å². The van der Waals surface area contributed by atoms with Crippen LogP contribution < -0.4 is 11.1 Å². The highest BCUT2D eigenvalue weighted by atomic mass is 35.5. The molecular weight excluding hydrogens is 354 g/mol. The molecule has 7 nitrogen and oxygen atoms in total. The molecule has 0 unspecified atom stereocenters. The van der Waals surface area contributed by atoms with E-state index in [0.29, 0.717) is 24.0 Å². The number of halogens is 1. The van der Waals surface area contributed by atoms with Gasteiger partial charge in [-0.25, -0.2) is 4.98 Å². The molecule has 1 aromatic carbocycles. The summed E-state index contributed by atoms with van der Waals surface area (Å²) < 4.78 is 6.05. The number of imidazole rings is 1. The number of benzene rings is 1. The van der Waals surface area contributed by atoms with E-state index in [2.05, 4.69) is 20.2 Å². The molecule has 3 heterocycles. The van der Waals surface area contributed by atoms with Crippen LogP contribution in [0.5, 0.6) is 0 Å². The van der Waals surface area contributed by atoms with Crippen molar-refractivity contribution in [1.82, 2.24) is 20.2 Å². The van der Waals surface area contributed by atoms with Gasteiger partial charge in [0.1, 0.15) is 0 Å². The average Bonchev–Trinajstić information content (AvgIpc) is 3.16. The molecule has 3 atom stereocenters. The molecule has 1 aromatic heterocycles. The van der Waals surface area contributed by atoms with E-state index in [4.69, 9.17) is 22.1 Å². The van der Waals surface area contributed by atoms with Gasteiger partial charge in [-0.15, -0.1) is 0 Å². The first kappa shape index (κ1) is 17.3. The Morgan fingerprint density at radius 3 is 2.85 bits per heavy atom. The van der Waals surface area contributed by atoms with Gasteiger partial charge in [0.2, 0.25) is 0 Å². The fourth-order valence-electron chi connectivity index (χ4n) is 3.82. The number of nitrogens with two attached hydrogens (primary N) is 1. The molecule has 0 saturated carbocycles. The number of carbonyl (C=O) groups is 1. The maximum absolute atomic E-state index is 12.4. The SMILES string of the molecule is Cc1[nH]c(N)nc1C(=O)N[C@@H]1C[C@H]2CO[C@@H](c3ccc(Cl)cc3)CN2C1. The molecule has 8 heteroatoms. The van der Waals surface area contributed by atoms with Crippen LogP contribution in [-0.2, 0) is 4.74 Å². The van der Waals surface area contributed by atoms with Crippen molar-refractivity contribution in [3.05, 3.63) is 46.2 Å². The molecular formula is C18H22ClN5O2. The monoisotopic (exact) mass is 375 g/mol. The van der Waals surface area contributed by atoms with E-state index < -0.39 is 0 Å². The summed E-state index contributed by atoms with van der Waals surface area (Å²) in [6.07, 6.45) is 0.907. The number of aromatic amines is 1. The number of hydrogen-bond acceptors (Lipinski definition) is 5. The molecule has 2 aromatic rings. The number of rotatable bonds is 3. The number of carbonyl (C=O) groups excluding carboxylic acids is 1. The van der Waals surface area contributed by atoms with Crippen molar-refractivity contribution < 1.29 is 9.53 Å². The fraction of sp³-hybridized carbons (Fsp3) is 0.444. The van der Waals surface area contributed by atoms with Crippen LogP contribution in [0, 0.1) is 6.92 Å². The number of anilines is 1. The molecule has 2 fully saturated rings. The molecule has 2 aliphatic rings. The molecule has 1 amide bonds. The summed E-state index contributed by atoms with van der Waals surface area (Å²) in [7, 11) is 0. The second-order valence-corrected chi connectivity index (χ2v) is 7.42. The average molecular weight is 376 g/mol. The first-order valence-corrected chi connectivity index (χ1v) is 9.11. The standard InChI is InChI=1S/C18H22ClN5O2/c1-10-16(23-18(20)21-10)17(25)22-13-6-14-9-26-15(8-24(14)7-13)11-2-4-12(19)5-3-11/h2-5,13-15H,6-9H2,1H3,(H,22,25)(H3,20,21,23)/t13-,14+,15-/m1/s1. The van der Waals surface area contributed by atoms with E-state index in [1.165, 1.54) is 0 Å². The van der Waals surface area contributed by atoms with Gasteiger partial charge in [0.15, 0.2) is 11.6 Å². The van der Waals surface area contributed by atoms with Crippen LogP contribution in [0.15, 0.2) is 24.3 Å². The van der Waals surface area contributed by atoms with Gasteiger partial charge in [-0.2, -0.15) is 0 Å². The smallest absolute Gasteiger partial charge is 0.272 e. The maximum Gasteiger partial charge on any atom is 0.272 e. The second-order valence-electron chi connectivity index (χ2n) is 6.98. The Labute approximate surface area is 156 Å². The van der Waals surface area contributed by atoms with Gasteiger partial charge < -0.3 is 20.8 Å². The van der Waals surface area contributed by atoms with Crippen molar-refractivity contribution in [1.29, 1.82) is 0 Å². The van der Waals surface area contributed by atoms with E-state index in [0.717, 1.165) is 30.1 Å². The summed E-state index contributed by atoms with van der Waals surface area (Å²) in [6, 6.07) is 8.20. The number of nitrogen functional groups attached to an aromatic ring is 1. The Hall–Kier alpha value is -2.09. The number of fused-ring (bicyclic) bond motifs is 1. The van der Waals surface area contributed by atoms with Crippen molar-refractivity contribution >= 4 is 23.5 Å². The van der Waals surface area contributed by atoms with Gasteiger partial charge in [0, 0.05) is 35.9 Å². The Bertz CT molecular complexity index is 806. The highest BCUT2D eigenvalue weighted by Gasteiger charge is 2.38. The maximum atomic E-state index is 12.4. The van der Waals surface area contributed by atoms with Crippen LogP contribution in [0.3, 0.4) is 0 Å². The zero-order chi connectivity index (χ0) is 18.3. The van der Waals surface area contributed by atoms with E-state index in [9.17, 15) is 4.79 Å². The van der Waals surface area contributed by atoms with Crippen molar-refractivity contribution in [2.75, 3.05) is 25.4 Å². The molecule has 4 rings (SSSR count). The molecule has 2 aliphatic heterocycles. The first-order valence-electron chi connectivity index (χ1n) is 8.73. The summed E-state index contributed by atoms with van der Waals surface area (Å²) in [5.74, 6) is 0.0752. The van der Waals surface area contributed by atoms with Crippen LogP contribution >= 0.6 is 11.6 Å². The Morgan fingerprint density at radius 2 is 2.15 bits per heavy atom.